The molecule has 0 saturated heterocycles. The summed E-state index contributed by atoms with van der Waals surface area (Å²) in [4.78, 5) is 11.7. The first-order valence-electron chi connectivity index (χ1n) is 9.36. The molecule has 0 spiro atoms. The Balaban J connectivity index is 1.74. The van der Waals surface area contributed by atoms with Gasteiger partial charge in [-0.25, -0.2) is 4.79 Å². The number of ether oxygens (including phenoxy) is 1. The Labute approximate surface area is 185 Å². The SMILES string of the molecule is COC(=O)c1ccc(-c2nnc(Nc3ccc(Cl)c(C(F)(F)F)c3)c3ccccc23)cc1. The largest absolute Gasteiger partial charge is 0.465 e. The molecule has 0 saturated carbocycles. The minimum absolute atomic E-state index is 0.177. The predicted octanol–water partition coefficient (Wildman–Crippen LogP) is 6.50. The highest BCUT2D eigenvalue weighted by Crippen LogP contribution is 2.37. The normalized spacial score (nSPS) is 11.4. The fourth-order valence-corrected chi connectivity index (χ4v) is 3.47. The van der Waals surface area contributed by atoms with Crippen molar-refractivity contribution >= 4 is 39.8 Å². The lowest BCUT2D eigenvalue weighted by atomic mass is 10.0. The zero-order valence-electron chi connectivity index (χ0n) is 16.6. The van der Waals surface area contributed by atoms with Crippen molar-refractivity contribution in [2.75, 3.05) is 12.4 Å². The van der Waals surface area contributed by atoms with E-state index in [2.05, 4.69) is 15.5 Å². The Bertz CT molecular complexity index is 1310. The summed E-state index contributed by atoms with van der Waals surface area (Å²) in [6.45, 7) is 0. The van der Waals surface area contributed by atoms with Crippen LogP contribution < -0.4 is 5.32 Å². The Kier molecular flexibility index (Phi) is 5.71. The molecule has 0 aliphatic rings. The van der Waals surface area contributed by atoms with Gasteiger partial charge < -0.3 is 10.1 Å². The molecule has 0 aliphatic heterocycles. The number of methoxy groups -OCH3 is 1. The second-order valence-electron chi connectivity index (χ2n) is 6.83. The summed E-state index contributed by atoms with van der Waals surface area (Å²) in [5.41, 5.74) is 0.920. The number of benzene rings is 3. The monoisotopic (exact) mass is 457 g/mol. The maximum absolute atomic E-state index is 13.2. The number of aromatic nitrogens is 2. The topological polar surface area (TPSA) is 64.1 Å². The van der Waals surface area contributed by atoms with E-state index in [0.29, 0.717) is 22.5 Å². The Morgan fingerprint density at radius 2 is 1.66 bits per heavy atom. The Morgan fingerprint density at radius 3 is 2.31 bits per heavy atom. The first-order chi connectivity index (χ1) is 15.3. The van der Waals surface area contributed by atoms with E-state index >= 15 is 0 Å². The molecule has 0 aliphatic carbocycles. The standard InChI is InChI=1S/C23H15ClF3N3O2/c1-32-22(31)14-8-6-13(7-9-14)20-16-4-2-3-5-17(16)21(30-29-20)28-15-10-11-19(24)18(12-15)23(25,26)27/h2-12H,1H3,(H,28,30). The van der Waals surface area contributed by atoms with Crippen LogP contribution in [0.5, 0.6) is 0 Å². The third-order valence-electron chi connectivity index (χ3n) is 4.80. The lowest BCUT2D eigenvalue weighted by Crippen LogP contribution is -2.07. The van der Waals surface area contributed by atoms with Crippen LogP contribution in [0.2, 0.25) is 5.02 Å². The van der Waals surface area contributed by atoms with Crippen LogP contribution in [-0.2, 0) is 10.9 Å². The summed E-state index contributed by atoms with van der Waals surface area (Å²) >= 11 is 5.70. The summed E-state index contributed by atoms with van der Waals surface area (Å²) in [7, 11) is 1.30. The van der Waals surface area contributed by atoms with Crippen LogP contribution in [-0.4, -0.2) is 23.3 Å². The van der Waals surface area contributed by atoms with Gasteiger partial charge in [0, 0.05) is 22.0 Å². The predicted molar refractivity (Wildman–Crippen MR) is 116 cm³/mol. The maximum atomic E-state index is 13.2. The number of nitrogens with zero attached hydrogens (tertiary/aromatic N) is 2. The molecule has 1 N–H and O–H groups in total. The van der Waals surface area contributed by atoms with Gasteiger partial charge in [0.1, 0.15) is 5.69 Å². The highest BCUT2D eigenvalue weighted by molar-refractivity contribution is 6.31. The molecule has 0 amide bonds. The van der Waals surface area contributed by atoms with E-state index in [0.717, 1.165) is 17.0 Å². The second-order valence-corrected chi connectivity index (χ2v) is 7.24. The van der Waals surface area contributed by atoms with E-state index in [1.165, 1.54) is 19.2 Å². The molecule has 0 bridgehead atoms. The summed E-state index contributed by atoms with van der Waals surface area (Å²) < 4.78 is 44.3. The van der Waals surface area contributed by atoms with Crippen LogP contribution in [0.15, 0.2) is 66.7 Å². The third-order valence-corrected chi connectivity index (χ3v) is 5.13. The second kappa shape index (κ2) is 8.47. The molecule has 1 aromatic heterocycles. The third kappa shape index (κ3) is 4.22. The highest BCUT2D eigenvalue weighted by atomic mass is 35.5. The first-order valence-corrected chi connectivity index (χ1v) is 9.73. The van der Waals surface area contributed by atoms with Crippen LogP contribution in [0, 0.1) is 0 Å². The molecule has 3 aromatic carbocycles. The molecule has 9 heteroatoms. The average molecular weight is 458 g/mol. The van der Waals surface area contributed by atoms with Crippen LogP contribution in [0.1, 0.15) is 15.9 Å². The van der Waals surface area contributed by atoms with Gasteiger partial charge in [0.2, 0.25) is 0 Å². The molecule has 32 heavy (non-hydrogen) atoms. The molecule has 0 fully saturated rings. The van der Waals surface area contributed by atoms with Crippen molar-refractivity contribution < 1.29 is 22.7 Å². The number of carbonyl (C=O) groups is 1. The molecular formula is C23H15ClF3N3O2. The van der Waals surface area contributed by atoms with Gasteiger partial charge in [-0.2, -0.15) is 13.2 Å². The van der Waals surface area contributed by atoms with Crippen LogP contribution in [0.25, 0.3) is 22.0 Å². The molecule has 4 rings (SSSR count). The number of halogens is 4. The molecular weight excluding hydrogens is 443 g/mol. The number of esters is 1. The smallest absolute Gasteiger partial charge is 0.417 e. The van der Waals surface area contributed by atoms with Gasteiger partial charge in [-0.05, 0) is 30.3 Å². The van der Waals surface area contributed by atoms with E-state index in [9.17, 15) is 18.0 Å². The van der Waals surface area contributed by atoms with Crippen LogP contribution >= 0.6 is 11.6 Å². The van der Waals surface area contributed by atoms with Crippen LogP contribution in [0.3, 0.4) is 0 Å². The van der Waals surface area contributed by atoms with Gasteiger partial charge in [-0.15, -0.1) is 10.2 Å². The minimum Gasteiger partial charge on any atom is -0.465 e. The summed E-state index contributed by atoms with van der Waals surface area (Å²) in [6.07, 6.45) is -4.58. The molecule has 5 nitrogen and oxygen atoms in total. The molecule has 1 heterocycles. The van der Waals surface area contributed by atoms with Gasteiger partial charge in [0.05, 0.1) is 23.3 Å². The van der Waals surface area contributed by atoms with E-state index in [1.807, 2.05) is 12.1 Å². The zero-order chi connectivity index (χ0) is 22.9. The number of alkyl halides is 3. The quantitative estimate of drug-likeness (QED) is 0.354. The number of rotatable bonds is 4. The molecule has 0 unspecified atom stereocenters. The van der Waals surface area contributed by atoms with Crippen molar-refractivity contribution in [3.05, 3.63) is 82.9 Å². The van der Waals surface area contributed by atoms with Gasteiger partial charge in [-0.1, -0.05) is 48.0 Å². The van der Waals surface area contributed by atoms with Crippen molar-refractivity contribution in [3.8, 4) is 11.3 Å². The fraction of sp³-hybridized carbons (Fsp3) is 0.0870. The lowest BCUT2D eigenvalue weighted by Gasteiger charge is -2.14. The first kappa shape index (κ1) is 21.6. The van der Waals surface area contributed by atoms with Crippen molar-refractivity contribution in [1.82, 2.24) is 10.2 Å². The number of hydrogen-bond acceptors (Lipinski definition) is 5. The number of nitrogens with one attached hydrogen (secondary N) is 1. The van der Waals surface area contributed by atoms with E-state index < -0.39 is 17.7 Å². The van der Waals surface area contributed by atoms with Gasteiger partial charge >= 0.3 is 12.1 Å². The lowest BCUT2D eigenvalue weighted by molar-refractivity contribution is -0.137. The number of fused-ring (bicyclic) bond motifs is 1. The van der Waals surface area contributed by atoms with Gasteiger partial charge in [-0.3, -0.25) is 0 Å². The van der Waals surface area contributed by atoms with Crippen molar-refractivity contribution in [3.63, 3.8) is 0 Å². The van der Waals surface area contributed by atoms with E-state index in [4.69, 9.17) is 16.3 Å². The summed E-state index contributed by atoms with van der Waals surface area (Å²) in [6, 6.07) is 17.5. The van der Waals surface area contributed by atoms with Gasteiger partial charge in [0.25, 0.3) is 0 Å². The Morgan fingerprint density at radius 1 is 0.969 bits per heavy atom. The summed E-state index contributed by atoms with van der Waals surface area (Å²) in [5, 5.41) is 12.4. The zero-order valence-corrected chi connectivity index (χ0v) is 17.3. The molecule has 0 atom stereocenters. The number of anilines is 2. The van der Waals surface area contributed by atoms with Crippen molar-refractivity contribution in [2.24, 2.45) is 0 Å². The minimum atomic E-state index is -4.58. The Hall–Kier alpha value is -3.65. The van der Waals surface area contributed by atoms with Gasteiger partial charge in [0.15, 0.2) is 5.82 Å². The van der Waals surface area contributed by atoms with E-state index in [1.54, 1.807) is 36.4 Å². The van der Waals surface area contributed by atoms with Crippen LogP contribution in [0.4, 0.5) is 24.7 Å². The fourth-order valence-electron chi connectivity index (χ4n) is 3.25. The maximum Gasteiger partial charge on any atom is 0.417 e. The van der Waals surface area contributed by atoms with Crippen molar-refractivity contribution in [2.45, 2.75) is 6.18 Å². The summed E-state index contributed by atoms with van der Waals surface area (Å²) in [5.74, 6) is -0.154. The number of hydrogen-bond donors (Lipinski definition) is 1. The number of carbonyl (C=O) groups excluding carboxylic acids is 1. The molecule has 0 radical (unpaired) electrons. The van der Waals surface area contributed by atoms with Crippen molar-refractivity contribution in [1.29, 1.82) is 0 Å². The molecule has 162 valence electrons. The average Bonchev–Trinajstić information content (AvgIpc) is 2.79. The van der Waals surface area contributed by atoms with E-state index in [-0.39, 0.29) is 10.7 Å². The highest BCUT2D eigenvalue weighted by Gasteiger charge is 2.33. The molecule has 4 aromatic rings.